The summed E-state index contributed by atoms with van der Waals surface area (Å²) >= 11 is 0. The maximum absolute atomic E-state index is 11.4. The fourth-order valence-electron chi connectivity index (χ4n) is 3.36. The third-order valence-corrected chi connectivity index (χ3v) is 4.97. The van der Waals surface area contributed by atoms with Crippen molar-refractivity contribution in [2.45, 2.75) is 90.5 Å². The molecular formula is C22H36N2O4. The summed E-state index contributed by atoms with van der Waals surface area (Å²) in [5.74, 6) is -1.07. The maximum Gasteiger partial charge on any atom is 0.337 e. The van der Waals surface area contributed by atoms with Crippen LogP contribution in [0.5, 0.6) is 0 Å². The van der Waals surface area contributed by atoms with Crippen molar-refractivity contribution in [3.63, 3.8) is 0 Å². The fraction of sp³-hybridized carbons (Fsp3) is 0.682. The number of hydrogen-bond donors (Lipinski definition) is 2. The molecule has 0 heterocycles. The molecule has 158 valence electrons. The normalized spacial score (nSPS) is 10.8. The third-order valence-electron chi connectivity index (χ3n) is 4.97. The van der Waals surface area contributed by atoms with Gasteiger partial charge in [0.25, 0.3) is 0 Å². The topological polar surface area (TPSA) is 92.5 Å². The van der Waals surface area contributed by atoms with Gasteiger partial charge in [-0.25, -0.2) is 4.79 Å². The first-order valence-electron chi connectivity index (χ1n) is 10.8. The average Bonchev–Trinajstić information content (AvgIpc) is 2.65. The lowest BCUT2D eigenvalue weighted by molar-refractivity contribution is -0.496. The summed E-state index contributed by atoms with van der Waals surface area (Å²) in [5.41, 5.74) is 1.03. The highest BCUT2D eigenvalue weighted by atomic mass is 16.6. The van der Waals surface area contributed by atoms with Crippen molar-refractivity contribution in [1.82, 2.24) is 0 Å². The number of aromatic carboxylic acids is 1. The first-order chi connectivity index (χ1) is 13.5. The van der Waals surface area contributed by atoms with Gasteiger partial charge in [0.05, 0.1) is 5.56 Å². The first kappa shape index (κ1) is 23.9. The summed E-state index contributed by atoms with van der Waals surface area (Å²) in [6.45, 7) is 2.60. The molecule has 2 N–H and O–H groups in total. The molecule has 1 aromatic carbocycles. The van der Waals surface area contributed by atoms with Crippen molar-refractivity contribution in [2.75, 3.05) is 11.9 Å². The van der Waals surface area contributed by atoms with E-state index in [4.69, 9.17) is 0 Å². The predicted octanol–water partition coefficient (Wildman–Crippen LogP) is 6.27. The Balaban J connectivity index is 2.14. The Bertz CT molecular complexity index is 590. The molecule has 0 fully saturated rings. The molecular weight excluding hydrogens is 356 g/mol. The molecule has 0 aromatic heterocycles. The SMILES string of the molecule is CCCCCCCCCCCCCCNc1ccc(C[N+](=O)[O-])cc1C(=O)O. The minimum Gasteiger partial charge on any atom is -0.478 e. The standard InChI is InChI=1S/C22H36N2O4/c1-2-3-4-5-6-7-8-9-10-11-12-13-16-23-21-15-14-19(18-24(27)28)17-20(21)22(25)26/h14-15,17,23H,2-13,16,18H2,1H3,(H,25,26). The van der Waals surface area contributed by atoms with Crippen LogP contribution in [-0.2, 0) is 6.54 Å². The fourth-order valence-corrected chi connectivity index (χ4v) is 3.36. The zero-order chi connectivity index (χ0) is 20.6. The monoisotopic (exact) mass is 392 g/mol. The average molecular weight is 393 g/mol. The molecule has 0 atom stereocenters. The highest BCUT2D eigenvalue weighted by Crippen LogP contribution is 2.19. The van der Waals surface area contributed by atoms with Gasteiger partial charge in [-0.3, -0.25) is 10.1 Å². The van der Waals surface area contributed by atoms with Crippen LogP contribution in [0.4, 0.5) is 5.69 Å². The van der Waals surface area contributed by atoms with Gasteiger partial charge in [-0.15, -0.1) is 0 Å². The summed E-state index contributed by atoms with van der Waals surface area (Å²) in [5, 5.41) is 23.1. The lowest BCUT2D eigenvalue weighted by Crippen LogP contribution is -2.09. The Labute approximate surface area is 168 Å². The van der Waals surface area contributed by atoms with E-state index in [1.807, 2.05) is 0 Å². The molecule has 0 unspecified atom stereocenters. The maximum atomic E-state index is 11.4. The Morgan fingerprint density at radius 3 is 2.00 bits per heavy atom. The minimum absolute atomic E-state index is 0.0956. The first-order valence-corrected chi connectivity index (χ1v) is 10.8. The number of benzene rings is 1. The molecule has 0 aliphatic rings. The third kappa shape index (κ3) is 10.9. The number of carbonyl (C=O) groups is 1. The Kier molecular flexibility index (Phi) is 12.7. The van der Waals surface area contributed by atoms with Gasteiger partial charge in [0, 0.05) is 22.7 Å². The summed E-state index contributed by atoms with van der Waals surface area (Å²) in [4.78, 5) is 21.5. The molecule has 0 spiro atoms. The molecule has 0 saturated heterocycles. The van der Waals surface area contributed by atoms with Crippen LogP contribution in [0.25, 0.3) is 0 Å². The molecule has 6 nitrogen and oxygen atoms in total. The summed E-state index contributed by atoms with van der Waals surface area (Å²) < 4.78 is 0. The van der Waals surface area contributed by atoms with Crippen LogP contribution < -0.4 is 5.32 Å². The van der Waals surface area contributed by atoms with Crippen LogP contribution in [0.3, 0.4) is 0 Å². The second-order valence-corrected chi connectivity index (χ2v) is 7.49. The van der Waals surface area contributed by atoms with Gasteiger partial charge in [-0.2, -0.15) is 0 Å². The molecule has 0 amide bonds. The molecule has 0 aliphatic carbocycles. The van der Waals surface area contributed by atoms with Crippen molar-refractivity contribution in [3.8, 4) is 0 Å². The Morgan fingerprint density at radius 1 is 0.964 bits per heavy atom. The second-order valence-electron chi connectivity index (χ2n) is 7.49. The summed E-state index contributed by atoms with van der Waals surface area (Å²) in [7, 11) is 0. The van der Waals surface area contributed by atoms with Crippen LogP contribution in [0.2, 0.25) is 0 Å². The molecule has 0 radical (unpaired) electrons. The Hall–Kier alpha value is -2.11. The number of nitro groups is 1. The van der Waals surface area contributed by atoms with Gasteiger partial charge in [0.2, 0.25) is 6.54 Å². The molecule has 28 heavy (non-hydrogen) atoms. The van der Waals surface area contributed by atoms with E-state index in [2.05, 4.69) is 12.2 Å². The molecule has 6 heteroatoms. The largest absolute Gasteiger partial charge is 0.478 e. The highest BCUT2D eigenvalue weighted by molar-refractivity contribution is 5.94. The van der Waals surface area contributed by atoms with E-state index in [1.165, 1.54) is 70.3 Å². The number of rotatable bonds is 17. The number of nitrogens with zero attached hydrogens (tertiary/aromatic N) is 1. The quantitative estimate of drug-likeness (QED) is 0.185. The van der Waals surface area contributed by atoms with E-state index < -0.39 is 10.9 Å². The Morgan fingerprint density at radius 2 is 1.50 bits per heavy atom. The lowest BCUT2D eigenvalue weighted by atomic mass is 10.1. The molecule has 1 rings (SSSR count). The number of nitrogens with one attached hydrogen (secondary N) is 1. The summed E-state index contributed by atoms with van der Waals surface area (Å²) in [6.07, 6.45) is 15.4. The van der Waals surface area contributed by atoms with E-state index >= 15 is 0 Å². The van der Waals surface area contributed by atoms with Crippen molar-refractivity contribution in [3.05, 3.63) is 39.4 Å². The van der Waals surface area contributed by atoms with Crippen LogP contribution in [0.1, 0.15) is 99.9 Å². The molecule has 0 saturated carbocycles. The van der Waals surface area contributed by atoms with E-state index in [-0.39, 0.29) is 12.1 Å². The van der Waals surface area contributed by atoms with Crippen molar-refractivity contribution in [2.24, 2.45) is 0 Å². The number of unbranched alkanes of at least 4 members (excludes halogenated alkanes) is 11. The van der Waals surface area contributed by atoms with Gasteiger partial charge in [0.15, 0.2) is 0 Å². The van der Waals surface area contributed by atoms with Gasteiger partial charge < -0.3 is 10.4 Å². The van der Waals surface area contributed by atoms with E-state index in [9.17, 15) is 20.0 Å². The zero-order valence-electron chi connectivity index (χ0n) is 17.3. The van der Waals surface area contributed by atoms with E-state index in [1.54, 1.807) is 12.1 Å². The summed E-state index contributed by atoms with van der Waals surface area (Å²) in [6, 6.07) is 4.62. The number of hydrogen-bond acceptors (Lipinski definition) is 4. The molecule has 0 aliphatic heterocycles. The van der Waals surface area contributed by atoms with Crippen LogP contribution in [0, 0.1) is 10.1 Å². The van der Waals surface area contributed by atoms with Crippen molar-refractivity contribution in [1.29, 1.82) is 0 Å². The van der Waals surface area contributed by atoms with Crippen LogP contribution >= 0.6 is 0 Å². The second kappa shape index (κ2) is 14.9. The number of anilines is 1. The zero-order valence-corrected chi connectivity index (χ0v) is 17.3. The minimum atomic E-state index is -1.07. The van der Waals surface area contributed by atoms with Crippen LogP contribution in [0.15, 0.2) is 18.2 Å². The van der Waals surface area contributed by atoms with Crippen molar-refractivity contribution >= 4 is 11.7 Å². The smallest absolute Gasteiger partial charge is 0.337 e. The van der Waals surface area contributed by atoms with Gasteiger partial charge in [-0.1, -0.05) is 83.6 Å². The van der Waals surface area contributed by atoms with E-state index in [0.29, 0.717) is 17.8 Å². The van der Waals surface area contributed by atoms with Crippen LogP contribution in [-0.4, -0.2) is 22.5 Å². The van der Waals surface area contributed by atoms with Crippen molar-refractivity contribution < 1.29 is 14.8 Å². The molecule has 0 bridgehead atoms. The lowest BCUT2D eigenvalue weighted by Gasteiger charge is -2.10. The molecule has 1 aromatic rings. The van der Waals surface area contributed by atoms with E-state index in [0.717, 1.165) is 12.8 Å². The predicted molar refractivity (Wildman–Crippen MR) is 114 cm³/mol. The number of carboxylic acids is 1. The highest BCUT2D eigenvalue weighted by Gasteiger charge is 2.13. The van der Waals surface area contributed by atoms with Gasteiger partial charge in [0.1, 0.15) is 0 Å². The van der Waals surface area contributed by atoms with Gasteiger partial charge in [-0.05, 0) is 18.6 Å². The number of carboxylic acid groups (broad SMARTS) is 1. The van der Waals surface area contributed by atoms with Gasteiger partial charge >= 0.3 is 5.97 Å².